The molecule has 1 saturated carbocycles. The zero-order chi connectivity index (χ0) is 20.1. The van der Waals surface area contributed by atoms with Gasteiger partial charge in [0.2, 0.25) is 5.91 Å². The molecule has 5 rings (SSSR count). The van der Waals surface area contributed by atoms with Crippen molar-refractivity contribution in [2.24, 2.45) is 18.9 Å². The lowest BCUT2D eigenvalue weighted by Gasteiger charge is -2.10. The Morgan fingerprint density at radius 3 is 2.90 bits per heavy atom. The molecule has 1 fully saturated rings. The van der Waals surface area contributed by atoms with E-state index in [1.54, 1.807) is 29.3 Å². The minimum absolute atomic E-state index is 0.170. The van der Waals surface area contributed by atoms with E-state index in [4.69, 9.17) is 11.0 Å². The number of amides is 1. The summed E-state index contributed by atoms with van der Waals surface area (Å²) >= 11 is 0. The number of rotatable bonds is 3. The molecule has 0 unspecified atom stereocenters. The van der Waals surface area contributed by atoms with Gasteiger partial charge in [0.15, 0.2) is 0 Å². The van der Waals surface area contributed by atoms with E-state index in [0.29, 0.717) is 17.9 Å². The minimum Gasteiger partial charge on any atom is -0.398 e. The molecule has 8 nitrogen and oxygen atoms in total. The number of carbonyl (C=O) groups is 1. The fraction of sp³-hybridized carbons (Fsp3) is 0.190. The summed E-state index contributed by atoms with van der Waals surface area (Å²) in [5.74, 6) is -0.162. The van der Waals surface area contributed by atoms with Crippen molar-refractivity contribution in [3.8, 4) is 17.2 Å². The van der Waals surface area contributed by atoms with Crippen molar-refractivity contribution in [2.45, 2.75) is 6.42 Å². The lowest BCUT2D eigenvalue weighted by molar-refractivity contribution is -0.117. The largest absolute Gasteiger partial charge is 0.398 e. The highest BCUT2D eigenvalue weighted by Crippen LogP contribution is 2.39. The zero-order valence-corrected chi connectivity index (χ0v) is 15.6. The Hall–Kier alpha value is -3.99. The first-order chi connectivity index (χ1) is 14.0. The standard InChI is InChI=1S/C21H17N7O/c1-28-19-10-24-7-15(17(19)9-26-28)11-2-12-5-20(25-8-16(12)18(23)4-11)27-21(29)14-3-13(14)6-22/h2,4-5,7-10,13-14H,3,23H2,1H3,(H,25,27,29)/t13-,14+/m1/s1. The molecule has 142 valence electrons. The fourth-order valence-corrected chi connectivity index (χ4v) is 3.65. The third kappa shape index (κ3) is 2.84. The Balaban J connectivity index is 1.56. The van der Waals surface area contributed by atoms with Gasteiger partial charge >= 0.3 is 0 Å². The van der Waals surface area contributed by atoms with E-state index >= 15 is 0 Å². The van der Waals surface area contributed by atoms with Crippen LogP contribution in [-0.4, -0.2) is 25.7 Å². The van der Waals surface area contributed by atoms with Gasteiger partial charge in [-0.15, -0.1) is 0 Å². The summed E-state index contributed by atoms with van der Waals surface area (Å²) in [7, 11) is 1.87. The number of nitrogens with one attached hydrogen (secondary N) is 1. The van der Waals surface area contributed by atoms with Crippen LogP contribution < -0.4 is 11.1 Å². The van der Waals surface area contributed by atoms with Crippen molar-refractivity contribution in [3.05, 3.63) is 43.0 Å². The average Bonchev–Trinajstić information content (AvgIpc) is 3.43. The van der Waals surface area contributed by atoms with Crippen molar-refractivity contribution in [2.75, 3.05) is 11.1 Å². The van der Waals surface area contributed by atoms with E-state index in [-0.39, 0.29) is 17.7 Å². The molecule has 1 aliphatic carbocycles. The van der Waals surface area contributed by atoms with E-state index in [1.165, 1.54) is 0 Å². The molecule has 0 radical (unpaired) electrons. The molecule has 3 N–H and O–H groups in total. The minimum atomic E-state index is -0.247. The van der Waals surface area contributed by atoms with E-state index in [2.05, 4.69) is 26.5 Å². The number of nitrogen functional groups attached to an aromatic ring is 1. The van der Waals surface area contributed by atoms with Crippen LogP contribution in [0.2, 0.25) is 0 Å². The number of hydrogen-bond donors (Lipinski definition) is 2. The Kier molecular flexibility index (Phi) is 3.71. The summed E-state index contributed by atoms with van der Waals surface area (Å²) < 4.78 is 1.78. The number of anilines is 2. The van der Waals surface area contributed by atoms with Crippen LogP contribution in [0.4, 0.5) is 11.5 Å². The highest BCUT2D eigenvalue weighted by molar-refractivity contribution is 6.02. The van der Waals surface area contributed by atoms with Crippen molar-refractivity contribution >= 4 is 39.1 Å². The number of carbonyl (C=O) groups excluding carboxylic acids is 1. The summed E-state index contributed by atoms with van der Waals surface area (Å²) in [6, 6.07) is 7.82. The van der Waals surface area contributed by atoms with E-state index in [9.17, 15) is 4.79 Å². The Bertz CT molecular complexity index is 1330. The number of pyridine rings is 2. The molecular weight excluding hydrogens is 366 g/mol. The highest BCUT2D eigenvalue weighted by atomic mass is 16.2. The molecule has 1 aliphatic rings. The number of aryl methyl sites for hydroxylation is 1. The van der Waals surface area contributed by atoms with Gasteiger partial charge in [-0.2, -0.15) is 10.4 Å². The second-order valence-electron chi connectivity index (χ2n) is 7.31. The number of fused-ring (bicyclic) bond motifs is 2. The Labute approximate surface area is 166 Å². The van der Waals surface area contributed by atoms with Gasteiger partial charge in [-0.3, -0.25) is 14.5 Å². The van der Waals surface area contributed by atoms with Crippen LogP contribution in [0.25, 0.3) is 32.8 Å². The first-order valence-corrected chi connectivity index (χ1v) is 9.21. The molecule has 3 aromatic heterocycles. The number of hydrogen-bond acceptors (Lipinski definition) is 6. The molecule has 29 heavy (non-hydrogen) atoms. The van der Waals surface area contributed by atoms with Crippen LogP contribution in [0.15, 0.2) is 43.0 Å². The van der Waals surface area contributed by atoms with Crippen LogP contribution in [0.1, 0.15) is 6.42 Å². The van der Waals surface area contributed by atoms with Gasteiger partial charge in [0.25, 0.3) is 0 Å². The van der Waals surface area contributed by atoms with Gasteiger partial charge in [0.05, 0.1) is 35.8 Å². The van der Waals surface area contributed by atoms with Crippen molar-refractivity contribution in [3.63, 3.8) is 0 Å². The van der Waals surface area contributed by atoms with Crippen molar-refractivity contribution < 1.29 is 4.79 Å². The van der Waals surface area contributed by atoms with Crippen LogP contribution in [0.3, 0.4) is 0 Å². The number of nitrogens with zero attached hydrogens (tertiary/aromatic N) is 5. The molecule has 0 spiro atoms. The van der Waals surface area contributed by atoms with Crippen molar-refractivity contribution in [1.82, 2.24) is 19.7 Å². The predicted molar refractivity (Wildman–Crippen MR) is 109 cm³/mol. The normalized spacial score (nSPS) is 17.9. The summed E-state index contributed by atoms with van der Waals surface area (Å²) in [5, 5.41) is 18.7. The van der Waals surface area contributed by atoms with E-state index in [0.717, 1.165) is 32.8 Å². The maximum Gasteiger partial charge on any atom is 0.230 e. The Morgan fingerprint density at radius 1 is 1.24 bits per heavy atom. The molecule has 1 amide bonds. The molecule has 0 saturated heterocycles. The molecule has 8 heteroatoms. The molecule has 0 bridgehead atoms. The number of nitrogens with two attached hydrogens (primary N) is 1. The van der Waals surface area contributed by atoms with Gasteiger partial charge in [-0.25, -0.2) is 4.98 Å². The monoisotopic (exact) mass is 383 g/mol. The van der Waals surface area contributed by atoms with Crippen molar-refractivity contribution in [1.29, 1.82) is 5.26 Å². The van der Waals surface area contributed by atoms with E-state index < -0.39 is 0 Å². The number of benzene rings is 1. The first-order valence-electron chi connectivity index (χ1n) is 9.21. The maximum atomic E-state index is 12.2. The molecule has 1 aromatic carbocycles. The summed E-state index contributed by atoms with van der Waals surface area (Å²) in [4.78, 5) is 20.9. The SMILES string of the molecule is Cn1ncc2c(-c3cc(N)c4cnc(NC(=O)[C@H]5C[C@@H]5C#N)cc4c3)cncc21. The van der Waals surface area contributed by atoms with Gasteiger partial charge < -0.3 is 11.1 Å². The lowest BCUT2D eigenvalue weighted by Crippen LogP contribution is -2.15. The second kappa shape index (κ2) is 6.27. The Morgan fingerprint density at radius 2 is 2.10 bits per heavy atom. The summed E-state index contributed by atoms with van der Waals surface area (Å²) in [5.41, 5.74) is 9.65. The quantitative estimate of drug-likeness (QED) is 0.525. The van der Waals surface area contributed by atoms with Crippen LogP contribution >= 0.6 is 0 Å². The molecule has 0 aliphatic heterocycles. The maximum absolute atomic E-state index is 12.2. The smallest absolute Gasteiger partial charge is 0.230 e. The molecule has 2 atom stereocenters. The van der Waals surface area contributed by atoms with Gasteiger partial charge in [0, 0.05) is 41.5 Å². The van der Waals surface area contributed by atoms with Gasteiger partial charge in [-0.05, 0) is 35.6 Å². The fourth-order valence-electron chi connectivity index (χ4n) is 3.65. The predicted octanol–water partition coefficient (Wildman–Crippen LogP) is 2.86. The molecule has 4 aromatic rings. The van der Waals surface area contributed by atoms with E-state index in [1.807, 2.05) is 25.4 Å². The van der Waals surface area contributed by atoms with Crippen LogP contribution in [0.5, 0.6) is 0 Å². The third-order valence-electron chi connectivity index (χ3n) is 5.40. The number of nitriles is 1. The molecule has 3 heterocycles. The second-order valence-corrected chi connectivity index (χ2v) is 7.31. The van der Waals surface area contributed by atoms with Gasteiger partial charge in [0.1, 0.15) is 5.82 Å². The first kappa shape index (κ1) is 17.1. The van der Waals surface area contributed by atoms with Crippen LogP contribution in [0, 0.1) is 23.2 Å². The average molecular weight is 383 g/mol. The topological polar surface area (TPSA) is 123 Å². The van der Waals surface area contributed by atoms with Gasteiger partial charge in [-0.1, -0.05) is 0 Å². The van der Waals surface area contributed by atoms with Crippen LogP contribution in [-0.2, 0) is 11.8 Å². The lowest BCUT2D eigenvalue weighted by atomic mass is 10.00. The number of aromatic nitrogens is 4. The third-order valence-corrected chi connectivity index (χ3v) is 5.40. The summed E-state index contributed by atoms with van der Waals surface area (Å²) in [6.07, 6.45) is 7.65. The summed E-state index contributed by atoms with van der Waals surface area (Å²) in [6.45, 7) is 0. The molecular formula is C21H17N7O. The zero-order valence-electron chi connectivity index (χ0n) is 15.6. The highest BCUT2D eigenvalue weighted by Gasteiger charge is 2.43.